The molecular weight excluding hydrogens is 312 g/mol. The third-order valence-electron chi connectivity index (χ3n) is 4.43. The second-order valence-electron chi connectivity index (χ2n) is 5.98. The number of hydrogen-bond donors (Lipinski definition) is 1. The second kappa shape index (κ2) is 5.09. The Bertz CT molecular complexity index is 847. The number of amides is 2. The zero-order valence-electron chi connectivity index (χ0n) is 12.3. The van der Waals surface area contributed by atoms with Gasteiger partial charge in [0.25, 0.3) is 0 Å². The van der Waals surface area contributed by atoms with Crippen molar-refractivity contribution in [1.29, 1.82) is 0 Å². The van der Waals surface area contributed by atoms with Crippen LogP contribution in [0.25, 0.3) is 11.1 Å². The van der Waals surface area contributed by atoms with E-state index in [0.29, 0.717) is 0 Å². The highest BCUT2D eigenvalue weighted by atomic mass is 32.2. The number of nitrogens with one attached hydrogen (secondary N) is 1. The summed E-state index contributed by atoms with van der Waals surface area (Å²) in [6.07, 6.45) is 0. The summed E-state index contributed by atoms with van der Waals surface area (Å²) in [6, 6.07) is 16.8. The molecule has 0 aliphatic carbocycles. The maximum Gasteiger partial charge on any atom is 0.322 e. The number of sulfone groups is 1. The number of fused-ring (bicyclic) bond motifs is 1. The van der Waals surface area contributed by atoms with Gasteiger partial charge in [-0.3, -0.25) is 4.90 Å². The lowest BCUT2D eigenvalue weighted by Gasteiger charge is -2.21. The van der Waals surface area contributed by atoms with Crippen molar-refractivity contribution in [2.45, 2.75) is 12.1 Å². The van der Waals surface area contributed by atoms with Gasteiger partial charge < -0.3 is 5.32 Å². The largest absolute Gasteiger partial charge is 0.332 e. The van der Waals surface area contributed by atoms with Crippen LogP contribution in [0.3, 0.4) is 0 Å². The van der Waals surface area contributed by atoms with Crippen LogP contribution in [0.2, 0.25) is 0 Å². The van der Waals surface area contributed by atoms with E-state index in [1.54, 1.807) is 4.90 Å². The van der Waals surface area contributed by atoms with E-state index in [4.69, 9.17) is 0 Å². The van der Waals surface area contributed by atoms with Gasteiger partial charge in [0.1, 0.15) is 0 Å². The minimum absolute atomic E-state index is 0.0246. The molecule has 0 spiro atoms. The predicted octanol–water partition coefficient (Wildman–Crippen LogP) is 2.05. The molecule has 6 heteroatoms. The number of urea groups is 1. The quantitative estimate of drug-likeness (QED) is 0.858. The van der Waals surface area contributed by atoms with Gasteiger partial charge in [0.05, 0.1) is 23.6 Å². The molecular formula is C17H16N2O3S. The van der Waals surface area contributed by atoms with Crippen molar-refractivity contribution in [3.05, 3.63) is 54.6 Å². The number of carbonyl (C=O) groups excluding carboxylic acids is 1. The lowest BCUT2D eigenvalue weighted by atomic mass is 10.0. The van der Waals surface area contributed by atoms with E-state index in [9.17, 15) is 13.2 Å². The van der Waals surface area contributed by atoms with Crippen LogP contribution in [0.5, 0.6) is 0 Å². The van der Waals surface area contributed by atoms with Crippen LogP contribution in [0.15, 0.2) is 54.6 Å². The van der Waals surface area contributed by atoms with Crippen molar-refractivity contribution in [2.75, 3.05) is 16.4 Å². The van der Waals surface area contributed by atoms with E-state index < -0.39 is 9.84 Å². The number of nitrogens with zero attached hydrogens (tertiary/aromatic N) is 1. The molecule has 0 bridgehead atoms. The van der Waals surface area contributed by atoms with Gasteiger partial charge in [-0.15, -0.1) is 0 Å². The van der Waals surface area contributed by atoms with E-state index >= 15 is 0 Å². The molecule has 23 heavy (non-hydrogen) atoms. The van der Waals surface area contributed by atoms with Crippen molar-refractivity contribution in [1.82, 2.24) is 5.32 Å². The van der Waals surface area contributed by atoms with Crippen LogP contribution >= 0.6 is 0 Å². The van der Waals surface area contributed by atoms with Gasteiger partial charge in [0.2, 0.25) is 0 Å². The van der Waals surface area contributed by atoms with Gasteiger partial charge in [-0.2, -0.15) is 0 Å². The van der Waals surface area contributed by atoms with Crippen LogP contribution in [0.4, 0.5) is 10.5 Å². The first kappa shape index (κ1) is 14.3. The molecule has 2 saturated heterocycles. The molecule has 2 fully saturated rings. The van der Waals surface area contributed by atoms with Gasteiger partial charge in [-0.25, -0.2) is 13.2 Å². The number of hydrogen-bond acceptors (Lipinski definition) is 3. The molecule has 118 valence electrons. The Morgan fingerprint density at radius 3 is 2.26 bits per heavy atom. The van der Waals surface area contributed by atoms with Crippen molar-refractivity contribution in [2.24, 2.45) is 0 Å². The highest BCUT2D eigenvalue weighted by molar-refractivity contribution is 7.91. The third-order valence-corrected chi connectivity index (χ3v) is 6.15. The van der Waals surface area contributed by atoms with Gasteiger partial charge in [-0.05, 0) is 23.3 Å². The summed E-state index contributed by atoms with van der Waals surface area (Å²) in [7, 11) is -3.08. The zero-order valence-corrected chi connectivity index (χ0v) is 13.2. The first-order valence-electron chi connectivity index (χ1n) is 7.49. The fourth-order valence-electron chi connectivity index (χ4n) is 3.35. The fraction of sp³-hybridized carbons (Fsp3) is 0.235. The van der Waals surface area contributed by atoms with Gasteiger partial charge in [0, 0.05) is 5.69 Å². The fourth-order valence-corrected chi connectivity index (χ4v) is 5.24. The standard InChI is InChI=1S/C17H16N2O3S/c20-17-18-15-10-23(21,22)11-16(15)19(17)14-8-6-13(7-9-14)12-4-2-1-3-5-12/h1-9,15-16H,10-11H2,(H,18,20)/t15-,16-/m1/s1. The highest BCUT2D eigenvalue weighted by Crippen LogP contribution is 2.31. The first-order valence-corrected chi connectivity index (χ1v) is 9.31. The van der Waals surface area contributed by atoms with Gasteiger partial charge in [0.15, 0.2) is 9.84 Å². The molecule has 0 saturated carbocycles. The lowest BCUT2D eigenvalue weighted by molar-refractivity contribution is 0.251. The normalized spacial score (nSPS) is 25.2. The zero-order chi connectivity index (χ0) is 16.0. The van der Waals surface area contributed by atoms with Crippen LogP contribution in [-0.2, 0) is 9.84 Å². The van der Waals surface area contributed by atoms with Crippen LogP contribution in [0.1, 0.15) is 0 Å². The summed E-state index contributed by atoms with van der Waals surface area (Å²) < 4.78 is 23.6. The second-order valence-corrected chi connectivity index (χ2v) is 8.14. The average Bonchev–Trinajstić information content (AvgIpc) is 2.98. The molecule has 2 aliphatic heterocycles. The summed E-state index contributed by atoms with van der Waals surface area (Å²) in [6.45, 7) is 0. The van der Waals surface area contributed by atoms with E-state index in [1.807, 2.05) is 54.6 Å². The number of benzene rings is 2. The Morgan fingerprint density at radius 2 is 1.57 bits per heavy atom. The van der Waals surface area contributed by atoms with Crippen LogP contribution in [-0.4, -0.2) is 38.0 Å². The molecule has 1 N–H and O–H groups in total. The lowest BCUT2D eigenvalue weighted by Crippen LogP contribution is -2.36. The molecule has 5 nitrogen and oxygen atoms in total. The number of anilines is 1. The van der Waals surface area contributed by atoms with Gasteiger partial charge >= 0.3 is 6.03 Å². The van der Waals surface area contributed by atoms with E-state index in [2.05, 4.69) is 5.32 Å². The molecule has 0 unspecified atom stereocenters. The highest BCUT2D eigenvalue weighted by Gasteiger charge is 2.49. The predicted molar refractivity (Wildman–Crippen MR) is 89.1 cm³/mol. The number of rotatable bonds is 2. The van der Waals surface area contributed by atoms with Crippen LogP contribution < -0.4 is 10.2 Å². The van der Waals surface area contributed by atoms with Gasteiger partial charge in [-0.1, -0.05) is 42.5 Å². The Morgan fingerprint density at radius 1 is 0.913 bits per heavy atom. The minimum atomic E-state index is -3.08. The molecule has 2 aliphatic rings. The Balaban J connectivity index is 1.64. The Labute approximate surface area is 134 Å². The maximum atomic E-state index is 12.2. The van der Waals surface area contributed by atoms with Crippen molar-refractivity contribution in [3.63, 3.8) is 0 Å². The summed E-state index contributed by atoms with van der Waals surface area (Å²) in [5.74, 6) is 0.0544. The molecule has 2 aromatic rings. The molecule has 0 aromatic heterocycles. The molecule has 4 rings (SSSR count). The topological polar surface area (TPSA) is 66.5 Å². The van der Waals surface area contributed by atoms with Crippen LogP contribution in [0, 0.1) is 0 Å². The summed E-state index contributed by atoms with van der Waals surface area (Å²) in [5, 5.41) is 2.77. The average molecular weight is 328 g/mol. The van der Waals surface area contributed by atoms with E-state index in [0.717, 1.165) is 16.8 Å². The SMILES string of the molecule is O=C1N[C@@H]2CS(=O)(=O)C[C@H]2N1c1ccc(-c2ccccc2)cc1. The molecule has 0 radical (unpaired) electrons. The Hall–Kier alpha value is -2.34. The van der Waals surface area contributed by atoms with Crippen molar-refractivity contribution >= 4 is 21.6 Å². The molecule has 2 atom stereocenters. The molecule has 2 heterocycles. The monoisotopic (exact) mass is 328 g/mol. The maximum absolute atomic E-state index is 12.2. The molecule has 2 aromatic carbocycles. The van der Waals surface area contributed by atoms with E-state index in [1.165, 1.54) is 0 Å². The minimum Gasteiger partial charge on any atom is -0.332 e. The van der Waals surface area contributed by atoms with E-state index in [-0.39, 0.29) is 29.6 Å². The Kier molecular flexibility index (Phi) is 3.16. The summed E-state index contributed by atoms with van der Waals surface area (Å²) >= 11 is 0. The third kappa shape index (κ3) is 2.49. The first-order chi connectivity index (χ1) is 11.0. The van der Waals surface area contributed by atoms with Crippen molar-refractivity contribution in [3.8, 4) is 11.1 Å². The molecule has 2 amide bonds. The number of carbonyl (C=O) groups is 1. The summed E-state index contributed by atoms with van der Waals surface area (Å²) in [4.78, 5) is 13.7. The summed E-state index contributed by atoms with van der Waals surface area (Å²) in [5.41, 5.74) is 2.89. The smallest absolute Gasteiger partial charge is 0.322 e. The van der Waals surface area contributed by atoms with Crippen molar-refractivity contribution < 1.29 is 13.2 Å².